The van der Waals surface area contributed by atoms with Crippen molar-refractivity contribution >= 4 is 23.8 Å². The lowest BCUT2D eigenvalue weighted by Crippen LogP contribution is -2.32. The van der Waals surface area contributed by atoms with Gasteiger partial charge in [-0.15, -0.1) is 0 Å². The first kappa shape index (κ1) is 24.5. The molecule has 31 heavy (non-hydrogen) atoms. The molecule has 0 saturated heterocycles. The van der Waals surface area contributed by atoms with Gasteiger partial charge in [0.2, 0.25) is 0 Å². The van der Waals surface area contributed by atoms with Gasteiger partial charge in [-0.25, -0.2) is 9.59 Å². The van der Waals surface area contributed by atoms with Crippen LogP contribution in [0.25, 0.3) is 0 Å². The van der Waals surface area contributed by atoms with Crippen molar-refractivity contribution in [3.63, 3.8) is 0 Å². The van der Waals surface area contributed by atoms with Gasteiger partial charge in [0.25, 0.3) is 0 Å². The summed E-state index contributed by atoms with van der Waals surface area (Å²) in [5.41, 5.74) is 2.40. The molecule has 1 atom stereocenters. The van der Waals surface area contributed by atoms with Crippen molar-refractivity contribution in [2.75, 3.05) is 24.7 Å². The second-order valence-corrected chi connectivity index (χ2v) is 7.74. The summed E-state index contributed by atoms with van der Waals surface area (Å²) < 4.78 is 16.3. The Balaban J connectivity index is 1.82. The van der Waals surface area contributed by atoms with Crippen molar-refractivity contribution in [3.8, 4) is 0 Å². The number of hydrogen-bond acceptors (Lipinski definition) is 6. The third-order valence-corrected chi connectivity index (χ3v) is 5.27. The summed E-state index contributed by atoms with van der Waals surface area (Å²) in [7, 11) is 0. The minimum Gasteiger partial charge on any atom is -0.463 e. The maximum atomic E-state index is 12.3. The van der Waals surface area contributed by atoms with Crippen LogP contribution in [0.5, 0.6) is 0 Å². The number of nitrogens with one attached hydrogen (secondary N) is 1. The van der Waals surface area contributed by atoms with E-state index in [0.29, 0.717) is 36.8 Å². The number of thioether (sulfide) groups is 1. The van der Waals surface area contributed by atoms with Crippen LogP contribution in [-0.4, -0.2) is 42.9 Å². The maximum absolute atomic E-state index is 12.3. The van der Waals surface area contributed by atoms with E-state index in [4.69, 9.17) is 14.2 Å². The van der Waals surface area contributed by atoms with E-state index in [1.807, 2.05) is 60.7 Å². The Morgan fingerprint density at radius 1 is 1.03 bits per heavy atom. The van der Waals surface area contributed by atoms with Crippen LogP contribution < -0.4 is 5.32 Å². The lowest BCUT2D eigenvalue weighted by atomic mass is 10.2. The summed E-state index contributed by atoms with van der Waals surface area (Å²) in [4.78, 5) is 24.0. The molecule has 0 heterocycles. The number of carbonyl (C=O) groups is 2. The molecule has 0 aliphatic carbocycles. The molecule has 0 aliphatic heterocycles. The molecular formula is C24H29NO5S. The van der Waals surface area contributed by atoms with Crippen molar-refractivity contribution in [2.24, 2.45) is 0 Å². The number of hydrogen-bond donors (Lipinski definition) is 1. The van der Waals surface area contributed by atoms with Crippen molar-refractivity contribution < 1.29 is 23.8 Å². The molecule has 2 rings (SSSR count). The van der Waals surface area contributed by atoms with Gasteiger partial charge in [0.05, 0.1) is 19.8 Å². The molecule has 1 amide bonds. The van der Waals surface area contributed by atoms with Gasteiger partial charge in [-0.2, -0.15) is 11.8 Å². The quantitative estimate of drug-likeness (QED) is 0.366. The standard InChI is InChI=1S/C24H29NO5S/c1-3-29-23(26)19(2)17-31-18-22(16-28-15-21-12-8-5-9-13-21)30-24(27)25-14-20-10-6-4-7-11-20/h4-13,22H,2-3,14-18H2,1H3,(H,25,27). The second kappa shape index (κ2) is 14.3. The third-order valence-electron chi connectivity index (χ3n) is 4.11. The van der Waals surface area contributed by atoms with Gasteiger partial charge in [0.1, 0.15) is 6.10 Å². The summed E-state index contributed by atoms with van der Waals surface area (Å²) in [5, 5.41) is 2.75. The topological polar surface area (TPSA) is 73.9 Å². The molecule has 0 aromatic heterocycles. The molecule has 0 fully saturated rings. The molecule has 0 spiro atoms. The van der Waals surface area contributed by atoms with Gasteiger partial charge in [-0.3, -0.25) is 0 Å². The van der Waals surface area contributed by atoms with Gasteiger partial charge >= 0.3 is 12.1 Å². The second-order valence-electron chi connectivity index (χ2n) is 6.71. The Bertz CT molecular complexity index is 813. The Morgan fingerprint density at radius 2 is 1.68 bits per heavy atom. The molecule has 0 bridgehead atoms. The molecule has 2 aromatic rings. The molecule has 7 heteroatoms. The minimum absolute atomic E-state index is 0.243. The van der Waals surface area contributed by atoms with E-state index in [9.17, 15) is 9.59 Å². The normalized spacial score (nSPS) is 11.4. The Kier molecular flexibility index (Phi) is 11.3. The fourth-order valence-corrected chi connectivity index (χ4v) is 3.48. The zero-order valence-corrected chi connectivity index (χ0v) is 18.6. The summed E-state index contributed by atoms with van der Waals surface area (Å²) in [6.07, 6.45) is -0.985. The highest BCUT2D eigenvalue weighted by Gasteiger charge is 2.17. The van der Waals surface area contributed by atoms with Crippen LogP contribution in [-0.2, 0) is 32.2 Å². The highest BCUT2D eigenvalue weighted by atomic mass is 32.2. The first-order valence-corrected chi connectivity index (χ1v) is 11.3. The zero-order valence-electron chi connectivity index (χ0n) is 17.8. The van der Waals surface area contributed by atoms with Gasteiger partial charge in [-0.05, 0) is 18.1 Å². The van der Waals surface area contributed by atoms with Crippen molar-refractivity contribution in [1.29, 1.82) is 0 Å². The summed E-state index contributed by atoms with van der Waals surface area (Å²) in [5.74, 6) is 0.447. The number of alkyl carbamates (subject to hydrolysis) is 1. The molecular weight excluding hydrogens is 414 g/mol. The minimum atomic E-state index is -0.512. The van der Waals surface area contributed by atoms with Crippen LogP contribution in [0.3, 0.4) is 0 Å². The number of esters is 1. The molecule has 1 unspecified atom stereocenters. The Hall–Kier alpha value is -2.77. The van der Waals surface area contributed by atoms with Crippen LogP contribution in [0.2, 0.25) is 0 Å². The number of ether oxygens (including phenoxy) is 3. The highest BCUT2D eigenvalue weighted by molar-refractivity contribution is 7.99. The van der Waals surface area contributed by atoms with Gasteiger partial charge < -0.3 is 19.5 Å². The average molecular weight is 444 g/mol. The van der Waals surface area contributed by atoms with Crippen LogP contribution >= 0.6 is 11.8 Å². The predicted molar refractivity (Wildman–Crippen MR) is 123 cm³/mol. The summed E-state index contributed by atoms with van der Waals surface area (Å²) in [6.45, 7) is 6.85. The first-order chi connectivity index (χ1) is 15.1. The van der Waals surface area contributed by atoms with Crippen molar-refractivity contribution in [3.05, 3.63) is 83.9 Å². The number of benzene rings is 2. The van der Waals surface area contributed by atoms with Gasteiger partial charge in [-0.1, -0.05) is 67.2 Å². The fourth-order valence-electron chi connectivity index (χ4n) is 2.57. The Labute approximate surface area is 188 Å². The maximum Gasteiger partial charge on any atom is 0.407 e. The van der Waals surface area contributed by atoms with Gasteiger partial charge in [0, 0.05) is 23.6 Å². The average Bonchev–Trinajstić information content (AvgIpc) is 2.79. The van der Waals surface area contributed by atoms with E-state index in [1.165, 1.54) is 11.8 Å². The molecule has 6 nitrogen and oxygen atoms in total. The summed E-state index contributed by atoms with van der Waals surface area (Å²) in [6, 6.07) is 19.4. The number of rotatable bonds is 13. The molecule has 2 aromatic carbocycles. The summed E-state index contributed by atoms with van der Waals surface area (Å²) >= 11 is 1.44. The Morgan fingerprint density at radius 3 is 2.32 bits per heavy atom. The predicted octanol–water partition coefficient (Wildman–Crippen LogP) is 4.35. The van der Waals surface area contributed by atoms with E-state index in [-0.39, 0.29) is 6.61 Å². The molecule has 166 valence electrons. The fraction of sp³-hybridized carbons (Fsp3) is 0.333. The van der Waals surface area contributed by atoms with E-state index < -0.39 is 18.2 Å². The van der Waals surface area contributed by atoms with E-state index >= 15 is 0 Å². The van der Waals surface area contributed by atoms with Crippen molar-refractivity contribution in [2.45, 2.75) is 26.2 Å². The van der Waals surface area contributed by atoms with E-state index in [0.717, 1.165) is 11.1 Å². The lowest BCUT2D eigenvalue weighted by molar-refractivity contribution is -0.138. The molecule has 0 saturated carbocycles. The first-order valence-electron chi connectivity index (χ1n) is 10.1. The molecule has 1 N–H and O–H groups in total. The van der Waals surface area contributed by atoms with E-state index in [1.54, 1.807) is 6.92 Å². The third kappa shape index (κ3) is 10.2. The van der Waals surface area contributed by atoms with Crippen LogP contribution in [0.15, 0.2) is 72.8 Å². The number of amides is 1. The van der Waals surface area contributed by atoms with Gasteiger partial charge in [0.15, 0.2) is 0 Å². The smallest absolute Gasteiger partial charge is 0.407 e. The molecule has 0 aliphatic rings. The SMILES string of the molecule is C=C(CSCC(COCc1ccccc1)OC(=O)NCc1ccccc1)C(=O)OCC. The largest absolute Gasteiger partial charge is 0.463 e. The number of carbonyl (C=O) groups excluding carboxylic acids is 2. The van der Waals surface area contributed by atoms with Crippen LogP contribution in [0.1, 0.15) is 18.1 Å². The monoisotopic (exact) mass is 443 g/mol. The molecule has 0 radical (unpaired) electrons. The van der Waals surface area contributed by atoms with Crippen LogP contribution in [0.4, 0.5) is 4.79 Å². The van der Waals surface area contributed by atoms with E-state index in [2.05, 4.69) is 11.9 Å². The highest BCUT2D eigenvalue weighted by Crippen LogP contribution is 2.13. The lowest BCUT2D eigenvalue weighted by Gasteiger charge is -2.18. The van der Waals surface area contributed by atoms with Crippen molar-refractivity contribution in [1.82, 2.24) is 5.32 Å². The van der Waals surface area contributed by atoms with Crippen LogP contribution in [0, 0.1) is 0 Å². The zero-order chi connectivity index (χ0) is 22.3.